The van der Waals surface area contributed by atoms with Gasteiger partial charge in [-0.25, -0.2) is 4.39 Å². The molecular weight excluding hydrogens is 241 g/mol. The van der Waals surface area contributed by atoms with E-state index in [1.165, 1.54) is 18.2 Å². The van der Waals surface area contributed by atoms with Gasteiger partial charge < -0.3 is 4.98 Å². The topological polar surface area (TPSA) is 72.4 Å². The molecule has 0 saturated carbocycles. The van der Waals surface area contributed by atoms with Gasteiger partial charge in [-0.05, 0) is 24.4 Å². The highest BCUT2D eigenvalue weighted by atomic mass is 32.1. The van der Waals surface area contributed by atoms with Gasteiger partial charge in [0.15, 0.2) is 4.77 Å². The molecule has 0 atom stereocenters. The Labute approximate surface area is 100 Å². The summed E-state index contributed by atoms with van der Waals surface area (Å²) < 4.78 is 13.2. The first-order chi connectivity index (χ1) is 8.11. The Bertz CT molecular complexity index is 726. The molecule has 2 rings (SSSR count). The minimum absolute atomic E-state index is 0.0910. The quantitative estimate of drug-likeness (QED) is 0.758. The minimum atomic E-state index is -0.587. The summed E-state index contributed by atoms with van der Waals surface area (Å²) in [6, 6.07) is 7.34. The third kappa shape index (κ3) is 2.14. The molecule has 2 aromatic rings. The smallest absolute Gasteiger partial charge is 0.270 e. The predicted octanol–water partition coefficient (Wildman–Crippen LogP) is 2.11. The van der Waals surface area contributed by atoms with E-state index >= 15 is 0 Å². The number of benzene rings is 1. The van der Waals surface area contributed by atoms with Crippen LogP contribution in [-0.4, -0.2) is 9.97 Å². The number of aromatic amines is 2. The Kier molecular flexibility index (Phi) is 2.85. The molecule has 1 aromatic carbocycles. The van der Waals surface area contributed by atoms with Gasteiger partial charge in [-0.1, -0.05) is 12.1 Å². The second-order valence-electron chi connectivity index (χ2n) is 3.28. The molecule has 6 heteroatoms. The van der Waals surface area contributed by atoms with Gasteiger partial charge in [0.25, 0.3) is 5.56 Å². The molecule has 1 aromatic heterocycles. The number of nitrogens with zero attached hydrogens (tertiary/aromatic N) is 1. The van der Waals surface area contributed by atoms with Crippen molar-refractivity contribution in [1.82, 2.24) is 9.97 Å². The van der Waals surface area contributed by atoms with Crippen LogP contribution in [0.3, 0.4) is 0 Å². The second kappa shape index (κ2) is 4.31. The molecule has 1 heterocycles. The monoisotopic (exact) mass is 247 g/mol. The van der Waals surface area contributed by atoms with E-state index in [1.54, 1.807) is 12.1 Å². The number of nitriles is 1. The lowest BCUT2D eigenvalue weighted by atomic mass is 10.1. The number of hydrogen-bond donors (Lipinski definition) is 2. The Morgan fingerprint density at radius 3 is 2.76 bits per heavy atom. The molecular formula is C11H6FN3OS. The lowest BCUT2D eigenvalue weighted by molar-refractivity contribution is 0.628. The van der Waals surface area contributed by atoms with Crippen molar-refractivity contribution in [2.24, 2.45) is 0 Å². The normalized spacial score (nSPS) is 9.88. The largest absolute Gasteiger partial charge is 0.331 e. The van der Waals surface area contributed by atoms with Crippen LogP contribution in [0, 0.1) is 21.9 Å². The number of aromatic nitrogens is 2. The molecule has 0 bridgehead atoms. The first kappa shape index (κ1) is 11.2. The van der Waals surface area contributed by atoms with Crippen LogP contribution in [0.15, 0.2) is 29.1 Å². The van der Waals surface area contributed by atoms with Crippen LogP contribution >= 0.6 is 12.2 Å². The van der Waals surface area contributed by atoms with Crippen LogP contribution in [0.5, 0.6) is 0 Å². The maximum absolute atomic E-state index is 13.1. The number of H-pyrrole nitrogens is 2. The highest BCUT2D eigenvalue weighted by Crippen LogP contribution is 2.19. The summed E-state index contributed by atoms with van der Waals surface area (Å²) in [5.41, 5.74) is -0.0841. The van der Waals surface area contributed by atoms with E-state index < -0.39 is 11.4 Å². The third-order valence-corrected chi connectivity index (χ3v) is 2.37. The van der Waals surface area contributed by atoms with E-state index in [2.05, 4.69) is 9.97 Å². The zero-order chi connectivity index (χ0) is 12.4. The van der Waals surface area contributed by atoms with Gasteiger partial charge in [-0.3, -0.25) is 9.78 Å². The van der Waals surface area contributed by atoms with E-state index in [0.717, 1.165) is 0 Å². The number of rotatable bonds is 1. The van der Waals surface area contributed by atoms with Crippen LogP contribution in [0.2, 0.25) is 0 Å². The Hall–Kier alpha value is -2.26. The summed E-state index contributed by atoms with van der Waals surface area (Å²) >= 11 is 4.81. The first-order valence-electron chi connectivity index (χ1n) is 4.64. The van der Waals surface area contributed by atoms with Crippen molar-refractivity contribution in [3.8, 4) is 17.3 Å². The van der Waals surface area contributed by atoms with Crippen LogP contribution in [-0.2, 0) is 0 Å². The fourth-order valence-electron chi connectivity index (χ4n) is 1.45. The average molecular weight is 247 g/mol. The highest BCUT2D eigenvalue weighted by Gasteiger charge is 2.10. The van der Waals surface area contributed by atoms with Gasteiger partial charge in [0.05, 0.1) is 5.69 Å². The molecule has 17 heavy (non-hydrogen) atoms. The molecule has 0 unspecified atom stereocenters. The Balaban J connectivity index is 2.80. The van der Waals surface area contributed by atoms with Crippen molar-refractivity contribution >= 4 is 12.2 Å². The van der Waals surface area contributed by atoms with Crippen LogP contribution in [0.25, 0.3) is 11.3 Å². The summed E-state index contributed by atoms with van der Waals surface area (Å²) in [5, 5.41) is 8.90. The maximum Gasteiger partial charge on any atom is 0.270 e. The molecule has 2 N–H and O–H groups in total. The van der Waals surface area contributed by atoms with Gasteiger partial charge in [0.2, 0.25) is 0 Å². The fourth-order valence-corrected chi connectivity index (χ4v) is 1.65. The van der Waals surface area contributed by atoms with E-state index in [4.69, 9.17) is 17.5 Å². The third-order valence-electron chi connectivity index (χ3n) is 2.17. The summed E-state index contributed by atoms with van der Waals surface area (Å²) in [7, 11) is 0. The van der Waals surface area contributed by atoms with Gasteiger partial charge in [-0.2, -0.15) is 5.26 Å². The zero-order valence-corrected chi connectivity index (χ0v) is 9.27. The second-order valence-corrected chi connectivity index (χ2v) is 3.69. The van der Waals surface area contributed by atoms with Crippen molar-refractivity contribution in [2.75, 3.05) is 0 Å². The summed E-state index contributed by atoms with van der Waals surface area (Å²) in [5.74, 6) is -0.453. The van der Waals surface area contributed by atoms with Gasteiger partial charge in [-0.15, -0.1) is 0 Å². The van der Waals surface area contributed by atoms with E-state index in [1.807, 2.05) is 0 Å². The van der Waals surface area contributed by atoms with E-state index in [-0.39, 0.29) is 16.0 Å². The lowest BCUT2D eigenvalue weighted by Crippen LogP contribution is -2.13. The summed E-state index contributed by atoms with van der Waals surface area (Å²) in [4.78, 5) is 16.5. The van der Waals surface area contributed by atoms with Gasteiger partial charge >= 0.3 is 0 Å². The van der Waals surface area contributed by atoms with Crippen molar-refractivity contribution in [2.45, 2.75) is 0 Å². The number of nitrogens with one attached hydrogen (secondary N) is 2. The molecule has 0 radical (unpaired) electrons. The van der Waals surface area contributed by atoms with Crippen molar-refractivity contribution < 1.29 is 4.39 Å². The standard InChI is InChI=1S/C11H6FN3OS/c12-7-3-1-2-6(4-7)9-8(5-13)10(16)15-11(17)14-9/h1-4H,(H2,14,15,16,17). The number of hydrogen-bond acceptors (Lipinski definition) is 3. The zero-order valence-electron chi connectivity index (χ0n) is 8.45. The SMILES string of the molecule is N#Cc1c(-c2cccc(F)c2)[nH]c(=S)[nH]c1=O. The highest BCUT2D eigenvalue weighted by molar-refractivity contribution is 7.71. The average Bonchev–Trinajstić information content (AvgIpc) is 2.28. The van der Waals surface area contributed by atoms with Gasteiger partial charge in [0, 0.05) is 5.56 Å². The Morgan fingerprint density at radius 2 is 2.12 bits per heavy atom. The van der Waals surface area contributed by atoms with Crippen LogP contribution < -0.4 is 5.56 Å². The number of halogens is 1. The Morgan fingerprint density at radius 1 is 1.35 bits per heavy atom. The molecule has 0 aliphatic rings. The van der Waals surface area contributed by atoms with Gasteiger partial charge in [0.1, 0.15) is 17.4 Å². The summed E-state index contributed by atoms with van der Waals surface area (Å²) in [6.45, 7) is 0. The van der Waals surface area contributed by atoms with E-state index in [9.17, 15) is 9.18 Å². The lowest BCUT2D eigenvalue weighted by Gasteiger charge is -2.03. The molecule has 0 amide bonds. The van der Waals surface area contributed by atoms with Crippen LogP contribution in [0.4, 0.5) is 4.39 Å². The minimum Gasteiger partial charge on any atom is -0.331 e. The van der Waals surface area contributed by atoms with E-state index in [0.29, 0.717) is 5.56 Å². The molecule has 0 fully saturated rings. The van der Waals surface area contributed by atoms with Crippen molar-refractivity contribution in [1.29, 1.82) is 5.26 Å². The molecule has 0 spiro atoms. The summed E-state index contributed by atoms with van der Waals surface area (Å²) in [6.07, 6.45) is 0. The van der Waals surface area contributed by atoms with Crippen molar-refractivity contribution in [3.05, 3.63) is 50.8 Å². The molecule has 0 aliphatic heterocycles. The van der Waals surface area contributed by atoms with Crippen molar-refractivity contribution in [3.63, 3.8) is 0 Å². The molecule has 0 saturated heterocycles. The molecule has 0 aliphatic carbocycles. The first-order valence-corrected chi connectivity index (χ1v) is 5.05. The fraction of sp³-hybridized carbons (Fsp3) is 0. The molecule has 4 nitrogen and oxygen atoms in total. The maximum atomic E-state index is 13.1. The predicted molar refractivity (Wildman–Crippen MR) is 62.4 cm³/mol. The molecule has 84 valence electrons. The van der Waals surface area contributed by atoms with Crippen LogP contribution in [0.1, 0.15) is 5.56 Å².